The summed E-state index contributed by atoms with van der Waals surface area (Å²) in [6.45, 7) is 0.941. The van der Waals surface area contributed by atoms with Gasteiger partial charge in [-0.1, -0.05) is 0 Å². The molecule has 148 valence electrons. The second kappa shape index (κ2) is 9.51. The number of amides is 1. The summed E-state index contributed by atoms with van der Waals surface area (Å²) >= 11 is 0.859. The number of thiophene rings is 1. The predicted molar refractivity (Wildman–Crippen MR) is 99.1 cm³/mol. The smallest absolute Gasteiger partial charge is 0.348 e. The van der Waals surface area contributed by atoms with Crippen LogP contribution in [0.3, 0.4) is 0 Å². The van der Waals surface area contributed by atoms with E-state index >= 15 is 0 Å². The van der Waals surface area contributed by atoms with Gasteiger partial charge in [0.05, 0.1) is 26.0 Å². The van der Waals surface area contributed by atoms with Gasteiger partial charge in [0.25, 0.3) is 5.91 Å². The zero-order valence-corrected chi connectivity index (χ0v) is 16.1. The molecule has 10 heteroatoms. The Balaban J connectivity index is 2.05. The molecule has 1 amide bonds. The predicted octanol–water partition coefficient (Wildman–Crippen LogP) is 2.42. The fraction of sp³-hybridized carbons (Fsp3) is 0.222. The lowest BCUT2D eigenvalue weighted by molar-refractivity contribution is -0.142. The summed E-state index contributed by atoms with van der Waals surface area (Å²) in [5.74, 6) is -2.37. The van der Waals surface area contributed by atoms with E-state index in [9.17, 15) is 19.2 Å². The topological polar surface area (TPSA) is 121 Å². The molecule has 0 atom stereocenters. The maximum Gasteiger partial charge on any atom is 0.348 e. The first kappa shape index (κ1) is 20.9. The molecule has 0 aliphatic heterocycles. The maximum atomic E-state index is 12.1. The van der Waals surface area contributed by atoms with Crippen LogP contribution in [-0.4, -0.2) is 44.6 Å². The Morgan fingerprint density at radius 3 is 2.50 bits per heavy atom. The summed E-state index contributed by atoms with van der Waals surface area (Å²) in [6.07, 6.45) is 3.94. The average Bonchev–Trinajstić information content (AvgIpc) is 3.31. The van der Waals surface area contributed by atoms with Crippen molar-refractivity contribution in [3.63, 3.8) is 0 Å². The summed E-state index contributed by atoms with van der Waals surface area (Å²) in [5.41, 5.74) is 0.350. The summed E-state index contributed by atoms with van der Waals surface area (Å²) < 4.78 is 19.2. The highest BCUT2D eigenvalue weighted by Crippen LogP contribution is 2.34. The molecule has 2 heterocycles. The largest absolute Gasteiger partial charge is 0.465 e. The van der Waals surface area contributed by atoms with Crippen molar-refractivity contribution in [2.45, 2.75) is 6.92 Å². The fourth-order valence-corrected chi connectivity index (χ4v) is 3.25. The van der Waals surface area contributed by atoms with E-state index in [1.54, 1.807) is 12.1 Å². The zero-order chi connectivity index (χ0) is 20.7. The van der Waals surface area contributed by atoms with E-state index in [1.807, 2.05) is 0 Å². The molecule has 1 N–H and O–H groups in total. The Bertz CT molecular complexity index is 910. The zero-order valence-electron chi connectivity index (χ0n) is 15.3. The van der Waals surface area contributed by atoms with E-state index in [0.717, 1.165) is 17.4 Å². The molecule has 0 saturated heterocycles. The first-order valence-electron chi connectivity index (χ1n) is 7.85. The van der Waals surface area contributed by atoms with Crippen LogP contribution in [0.4, 0.5) is 5.00 Å². The van der Waals surface area contributed by atoms with Gasteiger partial charge in [0, 0.05) is 6.08 Å². The summed E-state index contributed by atoms with van der Waals surface area (Å²) in [7, 11) is 2.38. The fourth-order valence-electron chi connectivity index (χ4n) is 2.12. The van der Waals surface area contributed by atoms with Crippen LogP contribution in [0.25, 0.3) is 6.08 Å². The van der Waals surface area contributed by atoms with Gasteiger partial charge in [0.15, 0.2) is 6.61 Å². The van der Waals surface area contributed by atoms with Gasteiger partial charge < -0.3 is 23.9 Å². The number of nitrogens with one attached hydrogen (secondary N) is 1. The number of carbonyl (C=O) groups is 4. The van der Waals surface area contributed by atoms with Crippen LogP contribution in [-0.2, 0) is 23.8 Å². The summed E-state index contributed by atoms with van der Waals surface area (Å²) in [4.78, 5) is 47.7. The Kier molecular flexibility index (Phi) is 7.10. The normalized spacial score (nSPS) is 10.5. The molecule has 0 unspecified atom stereocenters. The number of rotatable bonds is 7. The average molecular weight is 407 g/mol. The number of anilines is 1. The van der Waals surface area contributed by atoms with Gasteiger partial charge in [-0.05, 0) is 30.7 Å². The number of ether oxygens (including phenoxy) is 3. The van der Waals surface area contributed by atoms with Crippen LogP contribution in [0.1, 0.15) is 31.4 Å². The SMILES string of the molecule is COC(=O)c1sc(NC(=O)COC(=O)C=Cc2ccco2)c(C(=O)OC)c1C. The monoisotopic (exact) mass is 407 g/mol. The van der Waals surface area contributed by atoms with Gasteiger partial charge in [-0.15, -0.1) is 11.3 Å². The number of hydrogen-bond donors (Lipinski definition) is 1. The van der Waals surface area contributed by atoms with Gasteiger partial charge >= 0.3 is 17.9 Å². The molecule has 0 spiro atoms. The standard InChI is InChI=1S/C18H17NO8S/c1-10-14(17(22)24-2)16(28-15(10)18(23)25-3)19-12(20)9-27-13(21)7-6-11-5-4-8-26-11/h4-8H,9H2,1-3H3,(H,19,20). The number of methoxy groups -OCH3 is 2. The van der Waals surface area contributed by atoms with Crippen molar-refractivity contribution in [3.8, 4) is 0 Å². The van der Waals surface area contributed by atoms with Gasteiger partial charge in [0.1, 0.15) is 15.6 Å². The Morgan fingerprint density at radius 2 is 1.89 bits per heavy atom. The highest BCUT2D eigenvalue weighted by atomic mass is 32.1. The van der Waals surface area contributed by atoms with E-state index in [-0.39, 0.29) is 15.4 Å². The highest BCUT2D eigenvalue weighted by molar-refractivity contribution is 7.18. The molecular weight excluding hydrogens is 390 g/mol. The number of hydrogen-bond acceptors (Lipinski definition) is 9. The van der Waals surface area contributed by atoms with E-state index in [1.165, 1.54) is 33.5 Å². The molecule has 28 heavy (non-hydrogen) atoms. The molecular formula is C18H17NO8S. The molecule has 0 aliphatic carbocycles. The molecule has 0 fully saturated rings. The molecule has 0 radical (unpaired) electrons. The van der Waals surface area contributed by atoms with Crippen LogP contribution in [0.5, 0.6) is 0 Å². The summed E-state index contributed by atoms with van der Waals surface area (Å²) in [5, 5.41) is 2.54. The molecule has 0 saturated carbocycles. The minimum atomic E-state index is -0.752. The van der Waals surface area contributed by atoms with Crippen LogP contribution >= 0.6 is 11.3 Å². The maximum absolute atomic E-state index is 12.1. The van der Waals surface area contributed by atoms with Crippen molar-refractivity contribution in [2.75, 3.05) is 26.1 Å². The van der Waals surface area contributed by atoms with Crippen molar-refractivity contribution >= 4 is 46.2 Å². The van der Waals surface area contributed by atoms with Crippen LogP contribution in [0.2, 0.25) is 0 Å². The van der Waals surface area contributed by atoms with Crippen molar-refractivity contribution in [1.29, 1.82) is 0 Å². The first-order chi connectivity index (χ1) is 13.4. The molecule has 9 nitrogen and oxygen atoms in total. The number of carbonyl (C=O) groups excluding carboxylic acids is 4. The highest BCUT2D eigenvalue weighted by Gasteiger charge is 2.26. The Hall–Kier alpha value is -3.40. The molecule has 2 rings (SSSR count). The Morgan fingerprint density at radius 1 is 1.18 bits per heavy atom. The lowest BCUT2D eigenvalue weighted by Crippen LogP contribution is -2.21. The van der Waals surface area contributed by atoms with Crippen LogP contribution in [0.15, 0.2) is 28.9 Å². The third-order valence-corrected chi connectivity index (χ3v) is 4.62. The minimum absolute atomic E-state index is 0.0327. The van der Waals surface area contributed by atoms with Gasteiger partial charge in [-0.2, -0.15) is 0 Å². The summed E-state index contributed by atoms with van der Waals surface area (Å²) in [6, 6.07) is 3.30. The van der Waals surface area contributed by atoms with Gasteiger partial charge in [0.2, 0.25) is 0 Å². The molecule has 0 bridgehead atoms. The van der Waals surface area contributed by atoms with E-state index in [4.69, 9.17) is 13.9 Å². The van der Waals surface area contributed by atoms with E-state index in [0.29, 0.717) is 11.3 Å². The van der Waals surface area contributed by atoms with Crippen molar-refractivity contribution in [1.82, 2.24) is 0 Å². The molecule has 0 aromatic carbocycles. The van der Waals surface area contributed by atoms with E-state index in [2.05, 4.69) is 10.1 Å². The van der Waals surface area contributed by atoms with Crippen molar-refractivity contribution in [2.24, 2.45) is 0 Å². The molecule has 0 aliphatic rings. The van der Waals surface area contributed by atoms with Gasteiger partial charge in [-0.3, -0.25) is 4.79 Å². The lowest BCUT2D eigenvalue weighted by Gasteiger charge is -2.06. The number of esters is 3. The Labute approximate surface area is 163 Å². The lowest BCUT2D eigenvalue weighted by atomic mass is 10.1. The molecule has 2 aromatic rings. The van der Waals surface area contributed by atoms with Gasteiger partial charge in [-0.25, -0.2) is 14.4 Å². The second-order valence-corrected chi connectivity index (χ2v) is 6.27. The quantitative estimate of drug-likeness (QED) is 0.422. The minimum Gasteiger partial charge on any atom is -0.465 e. The van der Waals surface area contributed by atoms with E-state index < -0.39 is 30.4 Å². The second-order valence-electron chi connectivity index (χ2n) is 5.25. The first-order valence-corrected chi connectivity index (χ1v) is 8.67. The van der Waals surface area contributed by atoms with Crippen LogP contribution < -0.4 is 5.32 Å². The van der Waals surface area contributed by atoms with Crippen molar-refractivity contribution < 1.29 is 37.8 Å². The van der Waals surface area contributed by atoms with Crippen molar-refractivity contribution in [3.05, 3.63) is 46.2 Å². The third kappa shape index (κ3) is 5.07. The van der Waals surface area contributed by atoms with Crippen LogP contribution in [0, 0.1) is 6.92 Å². The third-order valence-electron chi connectivity index (χ3n) is 3.43. The molecule has 2 aromatic heterocycles. The number of furan rings is 1.